The molecule has 22 heavy (non-hydrogen) atoms. The number of H-pyrrole nitrogens is 1. The molecule has 0 fully saturated rings. The van der Waals surface area contributed by atoms with Gasteiger partial charge in [0.25, 0.3) is 5.91 Å². The van der Waals surface area contributed by atoms with Crippen LogP contribution in [0, 0.1) is 13.8 Å². The van der Waals surface area contributed by atoms with Crippen molar-refractivity contribution in [1.82, 2.24) is 15.0 Å². The molecule has 0 saturated heterocycles. The number of hydrogen-bond donors (Lipinski definition) is 2. The maximum atomic E-state index is 12.2. The van der Waals surface area contributed by atoms with E-state index in [0.717, 1.165) is 16.9 Å². The third kappa shape index (κ3) is 2.71. The first-order valence-corrected chi connectivity index (χ1v) is 6.78. The minimum absolute atomic E-state index is 0.218. The lowest BCUT2D eigenvalue weighted by atomic mass is 10.1. The SMILES string of the molecule is Cc1nc2ccc(C(=O)Nc3ccc(=O)[nH]c3)cc2nc1C. The molecule has 6 nitrogen and oxygen atoms in total. The second-order valence-electron chi connectivity index (χ2n) is 4.99. The van der Waals surface area contributed by atoms with E-state index in [-0.39, 0.29) is 11.5 Å². The highest BCUT2D eigenvalue weighted by molar-refractivity contribution is 6.05. The highest BCUT2D eigenvalue weighted by atomic mass is 16.1. The van der Waals surface area contributed by atoms with E-state index >= 15 is 0 Å². The van der Waals surface area contributed by atoms with Crippen LogP contribution in [0.4, 0.5) is 5.69 Å². The topological polar surface area (TPSA) is 87.7 Å². The van der Waals surface area contributed by atoms with Gasteiger partial charge in [0.05, 0.1) is 28.1 Å². The Hall–Kier alpha value is -3.02. The lowest BCUT2D eigenvalue weighted by Crippen LogP contribution is -2.13. The molecule has 0 aliphatic carbocycles. The van der Waals surface area contributed by atoms with Gasteiger partial charge < -0.3 is 10.3 Å². The van der Waals surface area contributed by atoms with Crippen LogP contribution in [0.5, 0.6) is 0 Å². The Morgan fingerprint density at radius 1 is 1.05 bits per heavy atom. The summed E-state index contributed by atoms with van der Waals surface area (Å²) in [5.74, 6) is -0.269. The average molecular weight is 294 g/mol. The fourth-order valence-corrected chi connectivity index (χ4v) is 2.06. The fourth-order valence-electron chi connectivity index (χ4n) is 2.06. The highest BCUT2D eigenvalue weighted by Crippen LogP contribution is 2.15. The summed E-state index contributed by atoms with van der Waals surface area (Å²) in [5, 5.41) is 2.72. The van der Waals surface area contributed by atoms with Crippen molar-refractivity contribution in [2.24, 2.45) is 0 Å². The van der Waals surface area contributed by atoms with E-state index < -0.39 is 0 Å². The molecule has 0 atom stereocenters. The molecule has 0 bridgehead atoms. The van der Waals surface area contributed by atoms with Gasteiger partial charge in [-0.15, -0.1) is 0 Å². The van der Waals surface area contributed by atoms with Crippen LogP contribution in [0.25, 0.3) is 11.0 Å². The van der Waals surface area contributed by atoms with Crippen LogP contribution in [-0.2, 0) is 0 Å². The molecule has 0 spiro atoms. The molecule has 110 valence electrons. The van der Waals surface area contributed by atoms with Gasteiger partial charge in [-0.05, 0) is 38.1 Å². The van der Waals surface area contributed by atoms with Gasteiger partial charge in [-0.2, -0.15) is 0 Å². The summed E-state index contributed by atoms with van der Waals surface area (Å²) in [5.41, 5.74) is 3.93. The zero-order chi connectivity index (χ0) is 15.7. The number of fused-ring (bicyclic) bond motifs is 1. The summed E-state index contributed by atoms with van der Waals surface area (Å²) in [6.45, 7) is 3.79. The molecule has 2 aromatic heterocycles. The van der Waals surface area contributed by atoms with Gasteiger partial charge in [-0.25, -0.2) is 9.97 Å². The van der Waals surface area contributed by atoms with Crippen molar-refractivity contribution < 1.29 is 4.79 Å². The van der Waals surface area contributed by atoms with Gasteiger partial charge in [-0.3, -0.25) is 9.59 Å². The van der Waals surface area contributed by atoms with E-state index in [1.807, 2.05) is 13.8 Å². The zero-order valence-corrected chi connectivity index (χ0v) is 12.2. The largest absolute Gasteiger partial charge is 0.327 e. The quantitative estimate of drug-likeness (QED) is 0.758. The van der Waals surface area contributed by atoms with Crippen molar-refractivity contribution in [2.45, 2.75) is 13.8 Å². The van der Waals surface area contributed by atoms with Gasteiger partial charge in [0.1, 0.15) is 0 Å². The van der Waals surface area contributed by atoms with E-state index in [1.165, 1.54) is 12.3 Å². The molecule has 3 rings (SSSR count). The number of benzene rings is 1. The van der Waals surface area contributed by atoms with Crippen molar-refractivity contribution in [3.05, 3.63) is 63.8 Å². The van der Waals surface area contributed by atoms with Gasteiger partial charge in [-0.1, -0.05) is 0 Å². The zero-order valence-electron chi connectivity index (χ0n) is 12.2. The number of rotatable bonds is 2. The molecule has 1 aromatic carbocycles. The molecule has 6 heteroatoms. The second-order valence-corrected chi connectivity index (χ2v) is 4.99. The van der Waals surface area contributed by atoms with Gasteiger partial charge >= 0.3 is 0 Å². The third-order valence-corrected chi connectivity index (χ3v) is 3.38. The predicted molar refractivity (Wildman–Crippen MR) is 84.0 cm³/mol. The first-order chi connectivity index (χ1) is 10.5. The molecule has 0 saturated carbocycles. The number of aromatic nitrogens is 3. The molecular formula is C16H14N4O2. The van der Waals surface area contributed by atoms with Crippen molar-refractivity contribution in [2.75, 3.05) is 5.32 Å². The summed E-state index contributed by atoms with van der Waals surface area (Å²) < 4.78 is 0. The summed E-state index contributed by atoms with van der Waals surface area (Å²) in [6.07, 6.45) is 1.45. The van der Waals surface area contributed by atoms with Gasteiger partial charge in [0, 0.05) is 17.8 Å². The number of aromatic amines is 1. The van der Waals surface area contributed by atoms with Crippen LogP contribution < -0.4 is 10.9 Å². The van der Waals surface area contributed by atoms with Crippen LogP contribution in [-0.4, -0.2) is 20.9 Å². The number of nitrogens with zero attached hydrogens (tertiary/aromatic N) is 2. The van der Waals surface area contributed by atoms with Crippen molar-refractivity contribution in [1.29, 1.82) is 0 Å². The van der Waals surface area contributed by atoms with E-state index in [0.29, 0.717) is 16.8 Å². The predicted octanol–water partition coefficient (Wildman–Crippen LogP) is 2.19. The third-order valence-electron chi connectivity index (χ3n) is 3.38. The fraction of sp³-hybridized carbons (Fsp3) is 0.125. The van der Waals surface area contributed by atoms with Crippen LogP contribution in [0.15, 0.2) is 41.3 Å². The summed E-state index contributed by atoms with van der Waals surface area (Å²) in [7, 11) is 0. The van der Waals surface area contributed by atoms with Gasteiger partial charge in [0.2, 0.25) is 5.56 Å². The Morgan fingerprint density at radius 2 is 1.77 bits per heavy atom. The number of nitrogens with one attached hydrogen (secondary N) is 2. The van der Waals surface area contributed by atoms with E-state index in [2.05, 4.69) is 20.3 Å². The van der Waals surface area contributed by atoms with Crippen LogP contribution >= 0.6 is 0 Å². The molecule has 1 amide bonds. The Balaban J connectivity index is 1.92. The number of carbonyl (C=O) groups excluding carboxylic acids is 1. The molecule has 2 heterocycles. The molecule has 0 aliphatic rings. The lowest BCUT2D eigenvalue weighted by Gasteiger charge is -2.07. The average Bonchev–Trinajstić information content (AvgIpc) is 2.50. The van der Waals surface area contributed by atoms with Crippen molar-refractivity contribution >= 4 is 22.6 Å². The standard InChI is InChI=1S/C16H14N4O2/c1-9-10(2)19-14-7-11(3-5-13(14)18-9)16(22)20-12-4-6-15(21)17-8-12/h3-8H,1-2H3,(H,17,21)(H,20,22). The molecule has 0 radical (unpaired) electrons. The summed E-state index contributed by atoms with van der Waals surface area (Å²) in [6, 6.07) is 8.08. The first-order valence-electron chi connectivity index (χ1n) is 6.78. The second kappa shape index (κ2) is 5.40. The monoisotopic (exact) mass is 294 g/mol. The molecule has 0 unspecified atom stereocenters. The minimum atomic E-state index is -0.269. The molecule has 0 aliphatic heterocycles. The number of hydrogen-bond acceptors (Lipinski definition) is 4. The van der Waals surface area contributed by atoms with Crippen LogP contribution in [0.3, 0.4) is 0 Å². The maximum Gasteiger partial charge on any atom is 0.255 e. The van der Waals surface area contributed by atoms with E-state index in [4.69, 9.17) is 0 Å². The Kier molecular flexibility index (Phi) is 3.42. The highest BCUT2D eigenvalue weighted by Gasteiger charge is 2.09. The number of pyridine rings is 1. The minimum Gasteiger partial charge on any atom is -0.327 e. The van der Waals surface area contributed by atoms with Gasteiger partial charge in [0.15, 0.2) is 0 Å². The molecule has 2 N–H and O–H groups in total. The molecule has 3 aromatic rings. The van der Waals surface area contributed by atoms with Crippen molar-refractivity contribution in [3.63, 3.8) is 0 Å². The Morgan fingerprint density at radius 3 is 2.45 bits per heavy atom. The number of aryl methyl sites for hydroxylation is 2. The molecular weight excluding hydrogens is 280 g/mol. The number of amides is 1. The maximum absolute atomic E-state index is 12.2. The van der Waals surface area contributed by atoms with Crippen molar-refractivity contribution in [3.8, 4) is 0 Å². The van der Waals surface area contributed by atoms with E-state index in [1.54, 1.807) is 24.3 Å². The summed E-state index contributed by atoms with van der Waals surface area (Å²) in [4.78, 5) is 34.6. The Labute approximate surface area is 126 Å². The number of anilines is 1. The van der Waals surface area contributed by atoms with E-state index in [9.17, 15) is 9.59 Å². The lowest BCUT2D eigenvalue weighted by molar-refractivity contribution is 0.102. The van der Waals surface area contributed by atoms with Crippen LogP contribution in [0.2, 0.25) is 0 Å². The first kappa shape index (κ1) is 13.9. The number of carbonyl (C=O) groups is 1. The Bertz CT molecular complexity index is 911. The van der Waals surface area contributed by atoms with Crippen LogP contribution in [0.1, 0.15) is 21.7 Å². The normalized spacial score (nSPS) is 10.6. The smallest absolute Gasteiger partial charge is 0.255 e. The summed E-state index contributed by atoms with van der Waals surface area (Å²) >= 11 is 0.